The monoisotopic (exact) mass is 634 g/mol. The third kappa shape index (κ3) is 2.82. The van der Waals surface area contributed by atoms with Crippen LogP contribution in [0.2, 0.25) is 0 Å². The smallest absolute Gasteiger partial charge is 0.339 e. The number of aliphatic hydroxyl groups is 1. The number of unbranched alkanes of at least 4 members (excludes halogenated alkanes) is 2. The average Bonchev–Trinajstić information content (AvgIpc) is 3.34. The highest BCUT2D eigenvalue weighted by Gasteiger charge is 2.95. The first-order valence-corrected chi connectivity index (χ1v) is 17.6. The van der Waals surface area contributed by atoms with Gasteiger partial charge in [0.05, 0.1) is 34.2 Å². The van der Waals surface area contributed by atoms with Crippen LogP contribution >= 0.6 is 0 Å². The van der Waals surface area contributed by atoms with Gasteiger partial charge in [-0.3, -0.25) is 9.59 Å². The first kappa shape index (κ1) is 29.6. The lowest BCUT2D eigenvalue weighted by Crippen LogP contribution is -2.80. The normalized spacial score (nSPS) is 48.5. The molecule has 1 N–H and O–H groups in total. The quantitative estimate of drug-likeness (QED) is 0.198. The zero-order chi connectivity index (χ0) is 32.1. The predicted molar refractivity (Wildman–Crippen MR) is 162 cm³/mol. The van der Waals surface area contributed by atoms with Crippen molar-refractivity contribution < 1.29 is 42.9 Å². The largest absolute Gasteiger partial charge is 0.469 e. The van der Waals surface area contributed by atoms with Crippen molar-refractivity contribution in [2.24, 2.45) is 33.0 Å². The van der Waals surface area contributed by atoms with Crippen LogP contribution in [0.15, 0.2) is 28.9 Å². The Kier molecular flexibility index (Phi) is 5.76. The van der Waals surface area contributed by atoms with Gasteiger partial charge >= 0.3 is 11.9 Å². The Hall–Kier alpha value is -2.49. The number of rotatable bonds is 5. The molecule has 0 radical (unpaired) electrons. The number of epoxide rings is 1. The number of furan rings is 1. The molecule has 1 aromatic heterocycles. The van der Waals surface area contributed by atoms with Crippen LogP contribution in [0.3, 0.4) is 0 Å². The van der Waals surface area contributed by atoms with Gasteiger partial charge < -0.3 is 28.5 Å². The third-order valence-electron chi connectivity index (χ3n) is 14.8. The predicted octanol–water partition coefficient (Wildman–Crippen LogP) is 5.32. The van der Waals surface area contributed by atoms with Gasteiger partial charge in [0.2, 0.25) is 0 Å². The molecule has 4 saturated heterocycles. The molecule has 5 spiro atoms. The summed E-state index contributed by atoms with van der Waals surface area (Å²) in [7, 11) is 0. The fraction of sp³-hybridized carbons (Fsp3) is 0.757. The van der Waals surface area contributed by atoms with Gasteiger partial charge in [-0.2, -0.15) is 0 Å². The van der Waals surface area contributed by atoms with Crippen LogP contribution in [0.1, 0.15) is 109 Å². The molecule has 4 aliphatic heterocycles. The summed E-state index contributed by atoms with van der Waals surface area (Å²) in [5.74, 6) is -0.479. The minimum Gasteiger partial charge on any atom is -0.469 e. The Morgan fingerprint density at radius 1 is 0.978 bits per heavy atom. The first-order chi connectivity index (χ1) is 22.0. The number of ether oxygens (including phenoxy) is 4. The number of aliphatic hydroxyl groups excluding tert-OH is 1. The van der Waals surface area contributed by atoms with Crippen LogP contribution in [-0.4, -0.2) is 58.9 Å². The fourth-order valence-electron chi connectivity index (χ4n) is 13.1. The topological polar surface area (TPSA) is 125 Å². The highest BCUT2D eigenvalue weighted by molar-refractivity contribution is 5.98. The van der Waals surface area contributed by atoms with Gasteiger partial charge in [0.25, 0.3) is 0 Å². The summed E-state index contributed by atoms with van der Waals surface area (Å²) in [5, 5.41) is 12.6. The molecule has 10 rings (SSSR count). The molecular weight excluding hydrogens is 588 g/mol. The SMILES string of the molecule is CCCCCc1occc1C1OC(=O)C2OC23C1(C)CCC1C24COC(=O)C5(CCCC5)C2OC(C)(C)C42C=CCC13C(O)C2=O. The zero-order valence-corrected chi connectivity index (χ0v) is 27.4. The summed E-state index contributed by atoms with van der Waals surface area (Å²) < 4.78 is 32.3. The number of cyclic esters (lactones) is 2. The van der Waals surface area contributed by atoms with Gasteiger partial charge in [0.1, 0.15) is 30.2 Å². The number of Topliss-reactive ketones (excluding diaryl/α,β-unsaturated/α-hetero) is 1. The molecule has 2 bridgehead atoms. The van der Waals surface area contributed by atoms with E-state index in [1.807, 2.05) is 32.1 Å². The lowest BCUT2D eigenvalue weighted by Gasteiger charge is -2.69. The lowest BCUT2D eigenvalue weighted by molar-refractivity contribution is -0.273. The number of allylic oxidation sites excluding steroid dienone is 1. The number of carbonyl (C=O) groups is 3. The van der Waals surface area contributed by atoms with Gasteiger partial charge in [-0.15, -0.1) is 0 Å². The number of hydrogen-bond donors (Lipinski definition) is 1. The van der Waals surface area contributed by atoms with E-state index in [1.165, 1.54) is 0 Å². The standard InChI is InChI=1S/C37H46O9/c1-5-6-7-11-22-21(13-19-42-22)26-32(4)18-12-23-34(37(32)27(45-37)28(40)44-26)16-10-17-36(25(39)24(34)38)31(2,3)46-29-33(14-8-9-15-33)30(41)43-20-35(23,29)36/h10,13,17,19,23-24,26-27,29,38H,5-9,11-12,14-16,18,20H2,1-4H3. The number of esters is 2. The number of fused-ring (bicyclic) bond motifs is 3. The van der Waals surface area contributed by atoms with E-state index in [2.05, 4.69) is 13.8 Å². The van der Waals surface area contributed by atoms with Crippen LogP contribution in [0, 0.1) is 33.0 Å². The molecule has 3 saturated carbocycles. The van der Waals surface area contributed by atoms with Crippen LogP contribution in [0.4, 0.5) is 0 Å². The summed E-state index contributed by atoms with van der Waals surface area (Å²) in [5.41, 5.74) is -6.16. The van der Waals surface area contributed by atoms with Gasteiger partial charge in [0.15, 0.2) is 11.9 Å². The van der Waals surface area contributed by atoms with Crippen molar-refractivity contribution in [1.29, 1.82) is 0 Å². The Morgan fingerprint density at radius 3 is 2.52 bits per heavy atom. The Bertz CT molecular complexity index is 1570. The van der Waals surface area contributed by atoms with Crippen molar-refractivity contribution in [3.63, 3.8) is 0 Å². The average molecular weight is 635 g/mol. The molecule has 46 heavy (non-hydrogen) atoms. The molecule has 10 unspecified atom stereocenters. The maximum Gasteiger partial charge on any atom is 0.339 e. The number of carbonyl (C=O) groups excluding carboxylic acids is 3. The van der Waals surface area contributed by atoms with Crippen LogP contribution in [0.5, 0.6) is 0 Å². The van der Waals surface area contributed by atoms with Crippen molar-refractivity contribution in [3.05, 3.63) is 35.8 Å². The fourth-order valence-corrected chi connectivity index (χ4v) is 13.1. The van der Waals surface area contributed by atoms with Crippen LogP contribution in [0.25, 0.3) is 0 Å². The van der Waals surface area contributed by atoms with Crippen molar-refractivity contribution in [3.8, 4) is 0 Å². The lowest BCUT2D eigenvalue weighted by atomic mass is 9.32. The molecule has 9 nitrogen and oxygen atoms in total. The summed E-state index contributed by atoms with van der Waals surface area (Å²) in [4.78, 5) is 42.9. The van der Waals surface area contributed by atoms with E-state index in [9.17, 15) is 14.7 Å². The second-order valence-corrected chi connectivity index (χ2v) is 16.5. The van der Waals surface area contributed by atoms with Gasteiger partial charge in [-0.25, -0.2) is 4.79 Å². The summed E-state index contributed by atoms with van der Waals surface area (Å²) >= 11 is 0. The molecule has 5 heterocycles. The van der Waals surface area contributed by atoms with Crippen molar-refractivity contribution >= 4 is 17.7 Å². The second-order valence-electron chi connectivity index (χ2n) is 16.5. The number of aryl methyl sites for hydroxylation is 1. The Labute approximate surface area is 269 Å². The molecular formula is C37H46O9. The van der Waals surface area contributed by atoms with E-state index < -0.39 is 68.7 Å². The van der Waals surface area contributed by atoms with Gasteiger partial charge in [0, 0.05) is 22.8 Å². The summed E-state index contributed by atoms with van der Waals surface area (Å²) in [6.07, 6.45) is 10.8. The van der Waals surface area contributed by atoms with E-state index >= 15 is 4.79 Å². The Morgan fingerprint density at radius 2 is 1.76 bits per heavy atom. The van der Waals surface area contributed by atoms with Gasteiger partial charge in [-0.1, -0.05) is 51.7 Å². The van der Waals surface area contributed by atoms with Crippen LogP contribution in [-0.2, 0) is 39.8 Å². The first-order valence-electron chi connectivity index (χ1n) is 17.6. The van der Waals surface area contributed by atoms with E-state index in [1.54, 1.807) is 6.26 Å². The third-order valence-corrected chi connectivity index (χ3v) is 14.8. The van der Waals surface area contributed by atoms with E-state index in [0.717, 1.165) is 49.8 Å². The Balaban J connectivity index is 1.25. The molecule has 0 amide bonds. The summed E-state index contributed by atoms with van der Waals surface area (Å²) in [6.45, 7) is 8.22. The molecule has 248 valence electrons. The van der Waals surface area contributed by atoms with Crippen molar-refractivity contribution in [2.75, 3.05) is 6.61 Å². The molecule has 1 aromatic rings. The zero-order valence-electron chi connectivity index (χ0n) is 27.4. The van der Waals surface area contributed by atoms with Crippen molar-refractivity contribution in [1.82, 2.24) is 0 Å². The number of hydrogen-bond acceptors (Lipinski definition) is 9. The molecule has 5 aliphatic carbocycles. The maximum absolute atomic E-state index is 15.2. The minimum atomic E-state index is -1.40. The van der Waals surface area contributed by atoms with Crippen LogP contribution < -0.4 is 0 Å². The minimum absolute atomic E-state index is 0.0472. The number of ketones is 1. The highest BCUT2D eigenvalue weighted by Crippen LogP contribution is 2.85. The van der Waals surface area contributed by atoms with Gasteiger partial charge in [-0.05, 0) is 64.4 Å². The highest BCUT2D eigenvalue weighted by atomic mass is 16.7. The molecule has 9 heteroatoms. The maximum atomic E-state index is 15.2. The molecule has 0 aromatic carbocycles. The summed E-state index contributed by atoms with van der Waals surface area (Å²) in [6, 6.07) is 1.91. The van der Waals surface area contributed by atoms with Crippen molar-refractivity contribution in [2.45, 2.75) is 134 Å². The van der Waals surface area contributed by atoms with E-state index in [-0.39, 0.29) is 24.3 Å². The van der Waals surface area contributed by atoms with E-state index in [4.69, 9.17) is 23.4 Å². The molecule has 9 aliphatic rings. The van der Waals surface area contributed by atoms with E-state index in [0.29, 0.717) is 32.1 Å². The molecule has 10 atom stereocenters. The molecule has 7 fully saturated rings. The second kappa shape index (κ2) is 8.94.